The van der Waals surface area contributed by atoms with Gasteiger partial charge in [0.2, 0.25) is 5.91 Å². The lowest BCUT2D eigenvalue weighted by atomic mass is 10.2. The van der Waals surface area contributed by atoms with Crippen molar-refractivity contribution in [1.82, 2.24) is 10.2 Å². The number of nitrogens with zero attached hydrogens (tertiary/aromatic N) is 1. The number of hydrogen-bond donors (Lipinski definition) is 1. The van der Waals surface area contributed by atoms with E-state index in [1.807, 2.05) is 0 Å². The minimum atomic E-state index is -0.606. The lowest BCUT2D eigenvalue weighted by Gasteiger charge is -2.17. The summed E-state index contributed by atoms with van der Waals surface area (Å²) in [6, 6.07) is 4.11. The highest BCUT2D eigenvalue weighted by Crippen LogP contribution is 2.16. The molecule has 1 rings (SSSR count). The molecule has 6 heteroatoms. The van der Waals surface area contributed by atoms with Crippen LogP contribution in [0.15, 0.2) is 22.7 Å². The van der Waals surface area contributed by atoms with Gasteiger partial charge in [-0.15, -0.1) is 0 Å². The number of carbonyl (C=O) groups is 2. The molecule has 0 spiro atoms. The summed E-state index contributed by atoms with van der Waals surface area (Å²) in [6.07, 6.45) is 0. The van der Waals surface area contributed by atoms with Gasteiger partial charge in [-0.3, -0.25) is 9.59 Å². The first-order chi connectivity index (χ1) is 8.45. The Balaban J connectivity index is 2.80. The van der Waals surface area contributed by atoms with Gasteiger partial charge in [0.1, 0.15) is 5.82 Å². The summed E-state index contributed by atoms with van der Waals surface area (Å²) in [5, 5.41) is 2.57. The van der Waals surface area contributed by atoms with Gasteiger partial charge in [-0.05, 0) is 25.1 Å². The molecule has 98 valence electrons. The zero-order chi connectivity index (χ0) is 13.7. The zero-order valence-electron chi connectivity index (χ0n) is 10.2. The second-order valence-electron chi connectivity index (χ2n) is 3.74. The van der Waals surface area contributed by atoms with E-state index in [0.717, 1.165) is 0 Å². The van der Waals surface area contributed by atoms with E-state index in [0.29, 0.717) is 11.0 Å². The fourth-order valence-corrected chi connectivity index (χ4v) is 1.77. The summed E-state index contributed by atoms with van der Waals surface area (Å²) in [5.41, 5.74) is -0.0591. The molecule has 0 saturated heterocycles. The molecule has 1 aromatic carbocycles. The molecule has 0 bridgehead atoms. The first-order valence-electron chi connectivity index (χ1n) is 5.43. The average molecular weight is 317 g/mol. The quantitative estimate of drug-likeness (QED) is 0.920. The Morgan fingerprint density at radius 2 is 2.11 bits per heavy atom. The number of likely N-dealkylation sites (N-methyl/N-ethyl adjacent to an activating group) is 2. The number of rotatable bonds is 4. The highest BCUT2D eigenvalue weighted by atomic mass is 79.9. The fraction of sp³-hybridized carbons (Fsp3) is 0.333. The summed E-state index contributed by atoms with van der Waals surface area (Å²) in [4.78, 5) is 24.5. The molecule has 0 aliphatic carbocycles. The van der Waals surface area contributed by atoms with Gasteiger partial charge >= 0.3 is 0 Å². The minimum absolute atomic E-state index is 0.0591. The molecule has 0 fully saturated rings. The van der Waals surface area contributed by atoms with Gasteiger partial charge in [-0.2, -0.15) is 0 Å². The molecule has 1 N–H and O–H groups in total. The van der Waals surface area contributed by atoms with Crippen LogP contribution in [0, 0.1) is 5.82 Å². The topological polar surface area (TPSA) is 49.4 Å². The molecular formula is C12H14BrFN2O2. The lowest BCUT2D eigenvalue weighted by molar-refractivity contribution is -0.121. The van der Waals surface area contributed by atoms with Crippen LogP contribution in [-0.4, -0.2) is 36.9 Å². The number of hydrogen-bond acceptors (Lipinski definition) is 2. The number of nitrogens with one attached hydrogen (secondary N) is 1. The highest BCUT2D eigenvalue weighted by Gasteiger charge is 2.18. The molecule has 2 amide bonds. The maximum Gasteiger partial charge on any atom is 0.257 e. The number of amides is 2. The molecule has 1 aromatic rings. The monoisotopic (exact) mass is 316 g/mol. The summed E-state index contributed by atoms with van der Waals surface area (Å²) < 4.78 is 14.1. The Kier molecular flexibility index (Phi) is 5.27. The van der Waals surface area contributed by atoms with Crippen LogP contribution in [0.2, 0.25) is 0 Å². The van der Waals surface area contributed by atoms with E-state index in [9.17, 15) is 14.0 Å². The minimum Gasteiger partial charge on any atom is -0.355 e. The van der Waals surface area contributed by atoms with Crippen LogP contribution in [0.4, 0.5) is 4.39 Å². The van der Waals surface area contributed by atoms with Crippen molar-refractivity contribution in [2.45, 2.75) is 6.92 Å². The van der Waals surface area contributed by atoms with Gasteiger partial charge in [-0.25, -0.2) is 4.39 Å². The van der Waals surface area contributed by atoms with E-state index in [1.165, 1.54) is 30.1 Å². The SMILES string of the molecule is CCNC(=O)CN(C)C(=O)c1cc(Br)ccc1F. The van der Waals surface area contributed by atoms with Gasteiger partial charge in [0, 0.05) is 18.1 Å². The van der Waals surface area contributed by atoms with Gasteiger partial charge in [0.25, 0.3) is 5.91 Å². The summed E-state index contributed by atoms with van der Waals surface area (Å²) in [6.45, 7) is 2.18. The van der Waals surface area contributed by atoms with Crippen LogP contribution >= 0.6 is 15.9 Å². The van der Waals surface area contributed by atoms with Crippen molar-refractivity contribution in [3.8, 4) is 0 Å². The van der Waals surface area contributed by atoms with E-state index in [2.05, 4.69) is 21.2 Å². The lowest BCUT2D eigenvalue weighted by Crippen LogP contribution is -2.38. The van der Waals surface area contributed by atoms with E-state index < -0.39 is 11.7 Å². The first-order valence-corrected chi connectivity index (χ1v) is 6.22. The van der Waals surface area contributed by atoms with Gasteiger partial charge in [-0.1, -0.05) is 15.9 Å². The Morgan fingerprint density at radius 1 is 1.44 bits per heavy atom. The van der Waals surface area contributed by atoms with E-state index in [4.69, 9.17) is 0 Å². The number of benzene rings is 1. The maximum absolute atomic E-state index is 13.5. The van der Waals surface area contributed by atoms with Crippen molar-refractivity contribution in [2.24, 2.45) is 0 Å². The van der Waals surface area contributed by atoms with Crippen LogP contribution in [0.3, 0.4) is 0 Å². The molecule has 0 atom stereocenters. The third kappa shape index (κ3) is 3.80. The van der Waals surface area contributed by atoms with E-state index in [1.54, 1.807) is 6.92 Å². The molecule has 0 aromatic heterocycles. The largest absolute Gasteiger partial charge is 0.355 e. The molecule has 0 radical (unpaired) electrons. The Morgan fingerprint density at radius 3 is 2.72 bits per heavy atom. The molecule has 0 saturated carbocycles. The van der Waals surface area contributed by atoms with Crippen molar-refractivity contribution in [3.05, 3.63) is 34.1 Å². The maximum atomic E-state index is 13.5. The standard InChI is InChI=1S/C12H14BrFN2O2/c1-3-15-11(17)7-16(2)12(18)9-6-8(13)4-5-10(9)14/h4-6H,3,7H2,1-2H3,(H,15,17). The van der Waals surface area contributed by atoms with Crippen molar-refractivity contribution >= 4 is 27.7 Å². The second-order valence-corrected chi connectivity index (χ2v) is 4.65. The molecule has 18 heavy (non-hydrogen) atoms. The van der Waals surface area contributed by atoms with Crippen molar-refractivity contribution < 1.29 is 14.0 Å². The summed E-state index contributed by atoms with van der Waals surface area (Å²) >= 11 is 3.17. The molecular weight excluding hydrogens is 303 g/mol. The molecule has 0 aliphatic rings. The third-order valence-electron chi connectivity index (χ3n) is 2.26. The van der Waals surface area contributed by atoms with Crippen LogP contribution < -0.4 is 5.32 Å². The predicted molar refractivity (Wildman–Crippen MR) is 69.7 cm³/mol. The van der Waals surface area contributed by atoms with Crippen molar-refractivity contribution in [3.63, 3.8) is 0 Å². The van der Waals surface area contributed by atoms with Crippen LogP contribution in [0.25, 0.3) is 0 Å². The Bertz CT molecular complexity index is 465. The highest BCUT2D eigenvalue weighted by molar-refractivity contribution is 9.10. The fourth-order valence-electron chi connectivity index (χ4n) is 1.41. The number of halogens is 2. The molecule has 0 heterocycles. The summed E-state index contributed by atoms with van der Waals surface area (Å²) in [5.74, 6) is -1.41. The molecule has 4 nitrogen and oxygen atoms in total. The van der Waals surface area contributed by atoms with Crippen LogP contribution in [0.5, 0.6) is 0 Å². The smallest absolute Gasteiger partial charge is 0.257 e. The average Bonchev–Trinajstić information content (AvgIpc) is 2.31. The molecule has 0 aliphatic heterocycles. The Hall–Kier alpha value is -1.43. The second kappa shape index (κ2) is 6.49. The number of carbonyl (C=O) groups excluding carboxylic acids is 2. The van der Waals surface area contributed by atoms with Gasteiger partial charge in [0.15, 0.2) is 0 Å². The third-order valence-corrected chi connectivity index (χ3v) is 2.75. The first kappa shape index (κ1) is 14.6. The van der Waals surface area contributed by atoms with Crippen molar-refractivity contribution in [2.75, 3.05) is 20.1 Å². The van der Waals surface area contributed by atoms with Crippen molar-refractivity contribution in [1.29, 1.82) is 0 Å². The van der Waals surface area contributed by atoms with Gasteiger partial charge in [0.05, 0.1) is 12.1 Å². The van der Waals surface area contributed by atoms with Crippen LogP contribution in [0.1, 0.15) is 17.3 Å². The zero-order valence-corrected chi connectivity index (χ0v) is 11.8. The Labute approximate surface area is 113 Å². The summed E-state index contributed by atoms with van der Waals surface area (Å²) in [7, 11) is 1.46. The molecule has 0 unspecified atom stereocenters. The normalized spacial score (nSPS) is 10.0. The van der Waals surface area contributed by atoms with E-state index >= 15 is 0 Å². The van der Waals surface area contributed by atoms with E-state index in [-0.39, 0.29) is 18.0 Å². The van der Waals surface area contributed by atoms with Gasteiger partial charge < -0.3 is 10.2 Å². The predicted octanol–water partition coefficient (Wildman–Crippen LogP) is 1.80. The van der Waals surface area contributed by atoms with Crippen LogP contribution in [-0.2, 0) is 4.79 Å².